The van der Waals surface area contributed by atoms with E-state index >= 15 is 0 Å². The maximum absolute atomic E-state index is 14.0. The number of benzene rings is 1. The van der Waals surface area contributed by atoms with E-state index in [1.165, 1.54) is 13.0 Å². The van der Waals surface area contributed by atoms with Gasteiger partial charge in [-0.15, -0.1) is 0 Å². The predicted molar refractivity (Wildman–Crippen MR) is 79.9 cm³/mol. The van der Waals surface area contributed by atoms with E-state index in [9.17, 15) is 14.0 Å². The van der Waals surface area contributed by atoms with Crippen LogP contribution in [-0.2, 0) is 11.2 Å². The molecule has 1 aromatic rings. The summed E-state index contributed by atoms with van der Waals surface area (Å²) in [4.78, 5) is 25.8. The van der Waals surface area contributed by atoms with Crippen molar-refractivity contribution < 1.29 is 14.0 Å². The number of ketones is 1. The molecule has 0 aliphatic heterocycles. The van der Waals surface area contributed by atoms with Crippen molar-refractivity contribution >= 4 is 17.4 Å². The standard InChI is InChI=1S/C16H19FN2O2/c1-9-12-6-5-11(8-19(3)4)16(21)15(12)14(7-13(9)17)18-10(2)20/h7-8H,5-6H2,1-4H3,(H,18,20)/b11-8-. The Labute approximate surface area is 123 Å². The lowest BCUT2D eigenvalue weighted by Gasteiger charge is -2.24. The number of nitrogens with one attached hydrogen (secondary N) is 1. The molecule has 5 heteroatoms. The molecule has 0 aromatic heterocycles. The third-order valence-electron chi connectivity index (χ3n) is 3.54. The first-order valence-electron chi connectivity index (χ1n) is 6.82. The SMILES string of the molecule is CC(=O)Nc1cc(F)c(C)c2c1C(=O)/C(=C\N(C)C)CC2. The fraction of sp³-hybridized carbons (Fsp3) is 0.375. The molecule has 1 aliphatic carbocycles. The summed E-state index contributed by atoms with van der Waals surface area (Å²) >= 11 is 0. The van der Waals surface area contributed by atoms with Crippen molar-refractivity contribution in [3.63, 3.8) is 0 Å². The largest absolute Gasteiger partial charge is 0.383 e. The molecule has 0 saturated heterocycles. The van der Waals surface area contributed by atoms with Gasteiger partial charge in [0.25, 0.3) is 0 Å². The third kappa shape index (κ3) is 2.96. The molecule has 0 spiro atoms. The summed E-state index contributed by atoms with van der Waals surface area (Å²) in [5.41, 5.74) is 2.53. The van der Waals surface area contributed by atoms with Crippen LogP contribution in [-0.4, -0.2) is 30.7 Å². The number of hydrogen-bond donors (Lipinski definition) is 1. The van der Waals surface area contributed by atoms with E-state index in [0.29, 0.717) is 35.1 Å². The van der Waals surface area contributed by atoms with Crippen LogP contribution in [0.25, 0.3) is 0 Å². The minimum atomic E-state index is -0.398. The quantitative estimate of drug-likeness (QED) is 0.852. The second kappa shape index (κ2) is 5.68. The van der Waals surface area contributed by atoms with Gasteiger partial charge in [0.1, 0.15) is 5.82 Å². The van der Waals surface area contributed by atoms with Crippen LogP contribution in [0.5, 0.6) is 0 Å². The number of allylic oxidation sites excluding steroid dienone is 1. The number of carbonyl (C=O) groups is 2. The highest BCUT2D eigenvalue weighted by atomic mass is 19.1. The summed E-state index contributed by atoms with van der Waals surface area (Å²) in [5, 5.41) is 2.56. The fourth-order valence-corrected chi connectivity index (χ4v) is 2.63. The molecular weight excluding hydrogens is 271 g/mol. The fourth-order valence-electron chi connectivity index (χ4n) is 2.63. The number of hydrogen-bond acceptors (Lipinski definition) is 3. The van der Waals surface area contributed by atoms with Crippen molar-refractivity contribution in [3.05, 3.63) is 40.3 Å². The second-order valence-electron chi connectivity index (χ2n) is 5.51. The zero-order valence-corrected chi connectivity index (χ0v) is 12.7. The van der Waals surface area contributed by atoms with Gasteiger partial charge in [0.15, 0.2) is 5.78 Å². The summed E-state index contributed by atoms with van der Waals surface area (Å²) in [6.07, 6.45) is 2.95. The maximum Gasteiger partial charge on any atom is 0.221 e. The molecule has 1 amide bonds. The predicted octanol–water partition coefficient (Wildman–Crippen LogP) is 2.67. The number of Topliss-reactive ketones (excluding diaryl/α,β-unsaturated/α-hetero) is 1. The average Bonchev–Trinajstić information content (AvgIpc) is 2.37. The molecule has 0 heterocycles. The third-order valence-corrected chi connectivity index (χ3v) is 3.54. The van der Waals surface area contributed by atoms with Crippen LogP contribution in [0.2, 0.25) is 0 Å². The first-order valence-corrected chi connectivity index (χ1v) is 6.82. The van der Waals surface area contributed by atoms with Crippen LogP contribution in [0.1, 0.15) is 34.8 Å². The minimum absolute atomic E-state index is 0.142. The van der Waals surface area contributed by atoms with Crippen molar-refractivity contribution in [2.75, 3.05) is 19.4 Å². The number of anilines is 1. The van der Waals surface area contributed by atoms with E-state index < -0.39 is 5.82 Å². The molecule has 4 nitrogen and oxygen atoms in total. The number of fused-ring (bicyclic) bond motifs is 1. The van der Waals surface area contributed by atoms with Gasteiger partial charge in [0.05, 0.1) is 5.69 Å². The Kier molecular flexibility index (Phi) is 4.11. The molecule has 0 unspecified atom stereocenters. The lowest BCUT2D eigenvalue weighted by molar-refractivity contribution is -0.114. The summed E-state index contributed by atoms with van der Waals surface area (Å²) in [6, 6.07) is 1.23. The van der Waals surface area contributed by atoms with Gasteiger partial charge in [0, 0.05) is 38.4 Å². The van der Waals surface area contributed by atoms with Crippen molar-refractivity contribution in [3.8, 4) is 0 Å². The number of halogens is 1. The first kappa shape index (κ1) is 15.2. The Morgan fingerprint density at radius 2 is 2.05 bits per heavy atom. The molecular formula is C16H19FN2O2. The number of amides is 1. The van der Waals surface area contributed by atoms with Gasteiger partial charge in [-0.1, -0.05) is 0 Å². The Morgan fingerprint density at radius 1 is 1.38 bits per heavy atom. The molecule has 0 saturated carbocycles. The lowest BCUT2D eigenvalue weighted by Crippen LogP contribution is -2.22. The smallest absolute Gasteiger partial charge is 0.221 e. The summed E-state index contributed by atoms with van der Waals surface area (Å²) < 4.78 is 14.0. The topological polar surface area (TPSA) is 49.4 Å². The summed E-state index contributed by atoms with van der Waals surface area (Å²) in [5.74, 6) is -0.862. The van der Waals surface area contributed by atoms with E-state index in [0.717, 1.165) is 0 Å². The van der Waals surface area contributed by atoms with Crippen LogP contribution >= 0.6 is 0 Å². The van der Waals surface area contributed by atoms with Gasteiger partial charge in [-0.05, 0) is 37.0 Å². The molecule has 0 atom stereocenters. The number of carbonyl (C=O) groups excluding carboxylic acids is 2. The van der Waals surface area contributed by atoms with E-state index in [1.807, 2.05) is 19.0 Å². The van der Waals surface area contributed by atoms with Gasteiger partial charge in [0.2, 0.25) is 5.91 Å². The van der Waals surface area contributed by atoms with Crippen LogP contribution in [0.15, 0.2) is 17.8 Å². The van der Waals surface area contributed by atoms with Crippen LogP contribution in [0.4, 0.5) is 10.1 Å². The molecule has 1 aromatic carbocycles. The van der Waals surface area contributed by atoms with Crippen molar-refractivity contribution in [2.45, 2.75) is 26.7 Å². The van der Waals surface area contributed by atoms with Crippen molar-refractivity contribution in [1.82, 2.24) is 4.90 Å². The Balaban J connectivity index is 2.61. The van der Waals surface area contributed by atoms with Gasteiger partial charge in [-0.3, -0.25) is 9.59 Å². The van der Waals surface area contributed by atoms with Crippen molar-refractivity contribution in [2.24, 2.45) is 0 Å². The average molecular weight is 290 g/mol. The van der Waals surface area contributed by atoms with Gasteiger partial charge >= 0.3 is 0 Å². The molecule has 2 rings (SSSR count). The van der Waals surface area contributed by atoms with E-state index in [-0.39, 0.29) is 17.4 Å². The van der Waals surface area contributed by atoms with E-state index in [1.54, 1.807) is 13.1 Å². The van der Waals surface area contributed by atoms with E-state index in [4.69, 9.17) is 0 Å². The number of rotatable bonds is 2. The van der Waals surface area contributed by atoms with E-state index in [2.05, 4.69) is 5.32 Å². The van der Waals surface area contributed by atoms with Gasteiger partial charge in [-0.2, -0.15) is 0 Å². The first-order chi connectivity index (χ1) is 9.81. The molecule has 0 fully saturated rings. The summed E-state index contributed by atoms with van der Waals surface area (Å²) in [7, 11) is 3.70. The monoisotopic (exact) mass is 290 g/mol. The molecule has 0 radical (unpaired) electrons. The van der Waals surface area contributed by atoms with Crippen LogP contribution in [0, 0.1) is 12.7 Å². The normalized spacial score (nSPS) is 15.9. The van der Waals surface area contributed by atoms with Crippen LogP contribution < -0.4 is 5.32 Å². The Hall–Kier alpha value is -2.17. The maximum atomic E-state index is 14.0. The molecule has 0 bridgehead atoms. The molecule has 1 aliphatic rings. The van der Waals surface area contributed by atoms with Gasteiger partial charge in [-0.25, -0.2) is 4.39 Å². The zero-order chi connectivity index (χ0) is 15.7. The van der Waals surface area contributed by atoms with Gasteiger partial charge < -0.3 is 10.2 Å². The number of nitrogens with zero attached hydrogens (tertiary/aromatic N) is 1. The minimum Gasteiger partial charge on any atom is -0.383 e. The Bertz CT molecular complexity index is 648. The highest BCUT2D eigenvalue weighted by Crippen LogP contribution is 2.34. The summed E-state index contributed by atoms with van der Waals surface area (Å²) in [6.45, 7) is 3.01. The highest BCUT2D eigenvalue weighted by molar-refractivity contribution is 6.15. The lowest BCUT2D eigenvalue weighted by atomic mass is 9.83. The van der Waals surface area contributed by atoms with Crippen LogP contribution in [0.3, 0.4) is 0 Å². The second-order valence-corrected chi connectivity index (χ2v) is 5.51. The van der Waals surface area contributed by atoms with Crippen molar-refractivity contribution in [1.29, 1.82) is 0 Å². The molecule has 1 N–H and O–H groups in total. The molecule has 112 valence electrons. The highest BCUT2D eigenvalue weighted by Gasteiger charge is 2.28. The molecule has 21 heavy (non-hydrogen) atoms. The zero-order valence-electron chi connectivity index (χ0n) is 12.7. The Morgan fingerprint density at radius 3 is 2.62 bits per heavy atom.